The average Bonchev–Trinajstić information content (AvgIpc) is 2.80. The zero-order valence-electron chi connectivity index (χ0n) is 10.6. The van der Waals surface area contributed by atoms with Crippen LogP contribution in [0.2, 0.25) is 0 Å². The lowest BCUT2D eigenvalue weighted by molar-refractivity contribution is 0.155. The number of halogens is 3. The molecule has 106 valence electrons. The summed E-state index contributed by atoms with van der Waals surface area (Å²) in [6, 6.07) is 2.03. The van der Waals surface area contributed by atoms with Crippen molar-refractivity contribution in [3.8, 4) is 0 Å². The SMILES string of the molecule is OC(CNc1c(F)cc(F)cc1Br)CC1CCCC1. The van der Waals surface area contributed by atoms with Gasteiger partial charge in [-0.1, -0.05) is 25.7 Å². The summed E-state index contributed by atoms with van der Waals surface area (Å²) in [7, 11) is 0. The van der Waals surface area contributed by atoms with Crippen molar-refractivity contribution in [2.45, 2.75) is 38.2 Å². The number of aliphatic hydroxyl groups excluding tert-OH is 1. The summed E-state index contributed by atoms with van der Waals surface area (Å²) in [5.74, 6) is -0.695. The average molecular weight is 334 g/mol. The lowest BCUT2D eigenvalue weighted by Crippen LogP contribution is -2.22. The van der Waals surface area contributed by atoms with Crippen LogP contribution in [0.3, 0.4) is 0 Å². The Bertz CT molecular complexity index is 412. The van der Waals surface area contributed by atoms with E-state index in [1.54, 1.807) is 0 Å². The van der Waals surface area contributed by atoms with Gasteiger partial charge in [-0.15, -0.1) is 0 Å². The topological polar surface area (TPSA) is 32.3 Å². The summed E-state index contributed by atoms with van der Waals surface area (Å²) in [6.07, 6.45) is 5.07. The third-order valence-electron chi connectivity index (χ3n) is 3.60. The van der Waals surface area contributed by atoms with E-state index in [1.165, 1.54) is 31.7 Å². The molecule has 0 aromatic heterocycles. The van der Waals surface area contributed by atoms with E-state index in [4.69, 9.17) is 0 Å². The Morgan fingerprint density at radius 2 is 2.00 bits per heavy atom. The molecule has 0 aliphatic heterocycles. The van der Waals surface area contributed by atoms with Crippen LogP contribution in [-0.4, -0.2) is 17.8 Å². The number of benzene rings is 1. The molecule has 0 heterocycles. The molecule has 0 bridgehead atoms. The Morgan fingerprint density at radius 1 is 1.32 bits per heavy atom. The molecule has 2 rings (SSSR count). The van der Waals surface area contributed by atoms with Crippen LogP contribution in [0, 0.1) is 17.6 Å². The molecule has 2 N–H and O–H groups in total. The maximum atomic E-state index is 13.6. The minimum Gasteiger partial charge on any atom is -0.391 e. The van der Waals surface area contributed by atoms with Crippen molar-refractivity contribution in [3.63, 3.8) is 0 Å². The summed E-state index contributed by atoms with van der Waals surface area (Å²) < 4.78 is 26.8. The van der Waals surface area contributed by atoms with Gasteiger partial charge in [0.2, 0.25) is 0 Å². The van der Waals surface area contributed by atoms with Crippen LogP contribution in [0.15, 0.2) is 16.6 Å². The highest BCUT2D eigenvalue weighted by Gasteiger charge is 2.19. The highest BCUT2D eigenvalue weighted by molar-refractivity contribution is 9.10. The van der Waals surface area contributed by atoms with Gasteiger partial charge in [0.05, 0.1) is 11.8 Å². The summed E-state index contributed by atoms with van der Waals surface area (Å²) >= 11 is 3.11. The van der Waals surface area contributed by atoms with Crippen LogP contribution in [0.5, 0.6) is 0 Å². The fourth-order valence-corrected chi connectivity index (χ4v) is 3.19. The number of rotatable bonds is 5. The van der Waals surface area contributed by atoms with Gasteiger partial charge < -0.3 is 10.4 Å². The molecule has 1 fully saturated rings. The third kappa shape index (κ3) is 4.14. The molecule has 5 heteroatoms. The van der Waals surface area contributed by atoms with Crippen molar-refractivity contribution in [1.29, 1.82) is 0 Å². The van der Waals surface area contributed by atoms with Crippen LogP contribution in [-0.2, 0) is 0 Å². The van der Waals surface area contributed by atoms with Gasteiger partial charge in [-0.05, 0) is 34.3 Å². The fourth-order valence-electron chi connectivity index (χ4n) is 2.65. The molecule has 1 atom stereocenters. The van der Waals surface area contributed by atoms with Crippen LogP contribution < -0.4 is 5.32 Å². The fraction of sp³-hybridized carbons (Fsp3) is 0.571. The highest BCUT2D eigenvalue weighted by atomic mass is 79.9. The second-order valence-electron chi connectivity index (χ2n) is 5.17. The predicted octanol–water partition coefficient (Wildman–Crippen LogP) is 4.08. The van der Waals surface area contributed by atoms with E-state index in [-0.39, 0.29) is 12.2 Å². The lowest BCUT2D eigenvalue weighted by atomic mass is 10.00. The van der Waals surface area contributed by atoms with Crippen molar-refractivity contribution in [1.82, 2.24) is 0 Å². The second-order valence-corrected chi connectivity index (χ2v) is 6.02. The lowest BCUT2D eigenvalue weighted by Gasteiger charge is -2.17. The predicted molar refractivity (Wildman–Crippen MR) is 75.1 cm³/mol. The van der Waals surface area contributed by atoms with Gasteiger partial charge in [-0.3, -0.25) is 0 Å². The number of nitrogens with one attached hydrogen (secondary N) is 1. The van der Waals surface area contributed by atoms with Gasteiger partial charge in [-0.2, -0.15) is 0 Å². The molecule has 1 aliphatic carbocycles. The van der Waals surface area contributed by atoms with Gasteiger partial charge in [0.25, 0.3) is 0 Å². The standard InChI is InChI=1S/C14H18BrF2NO/c15-12-6-10(16)7-13(17)14(12)18-8-11(19)5-9-3-1-2-4-9/h6-7,9,11,18-19H,1-5,8H2. The van der Waals surface area contributed by atoms with Crippen molar-refractivity contribution in [2.75, 3.05) is 11.9 Å². The number of anilines is 1. The first-order valence-corrected chi connectivity index (χ1v) is 7.42. The molecule has 0 saturated heterocycles. The van der Waals surface area contributed by atoms with E-state index < -0.39 is 17.7 Å². The van der Waals surface area contributed by atoms with Crippen LogP contribution in [0.25, 0.3) is 0 Å². The summed E-state index contributed by atoms with van der Waals surface area (Å²) in [5, 5.41) is 12.8. The summed E-state index contributed by atoms with van der Waals surface area (Å²) in [4.78, 5) is 0. The minimum absolute atomic E-state index is 0.201. The van der Waals surface area contributed by atoms with Crippen molar-refractivity contribution < 1.29 is 13.9 Å². The summed E-state index contributed by atoms with van der Waals surface area (Å²) in [5.41, 5.74) is 0.201. The molecule has 1 unspecified atom stereocenters. The third-order valence-corrected chi connectivity index (χ3v) is 4.23. The van der Waals surface area contributed by atoms with Gasteiger partial charge in [0.15, 0.2) is 0 Å². The van der Waals surface area contributed by atoms with E-state index >= 15 is 0 Å². The minimum atomic E-state index is -0.653. The first-order valence-electron chi connectivity index (χ1n) is 6.62. The zero-order chi connectivity index (χ0) is 13.8. The van der Waals surface area contributed by atoms with E-state index in [0.29, 0.717) is 10.4 Å². The molecule has 0 spiro atoms. The van der Waals surface area contributed by atoms with Crippen molar-refractivity contribution in [2.24, 2.45) is 5.92 Å². The maximum Gasteiger partial charge on any atom is 0.150 e. The molecule has 0 radical (unpaired) electrons. The Hall–Kier alpha value is -0.680. The molecule has 19 heavy (non-hydrogen) atoms. The first-order chi connectivity index (χ1) is 9.06. The van der Waals surface area contributed by atoms with Gasteiger partial charge in [0, 0.05) is 17.1 Å². The molecule has 0 amide bonds. The monoisotopic (exact) mass is 333 g/mol. The van der Waals surface area contributed by atoms with Crippen LogP contribution in [0.4, 0.5) is 14.5 Å². The van der Waals surface area contributed by atoms with E-state index in [1.807, 2.05) is 0 Å². The van der Waals surface area contributed by atoms with Crippen molar-refractivity contribution in [3.05, 3.63) is 28.2 Å². The normalized spacial score (nSPS) is 17.7. The zero-order valence-corrected chi connectivity index (χ0v) is 12.2. The molecule has 2 nitrogen and oxygen atoms in total. The Balaban J connectivity index is 1.87. The first kappa shape index (κ1) is 14.7. The molecule has 1 aliphatic rings. The van der Waals surface area contributed by atoms with Crippen LogP contribution >= 0.6 is 15.9 Å². The van der Waals surface area contributed by atoms with Gasteiger partial charge in [0.1, 0.15) is 11.6 Å². The Morgan fingerprint density at radius 3 is 2.63 bits per heavy atom. The Labute approximate surface area is 120 Å². The number of hydrogen-bond acceptors (Lipinski definition) is 2. The van der Waals surface area contributed by atoms with Gasteiger partial charge >= 0.3 is 0 Å². The molecular formula is C14H18BrF2NO. The van der Waals surface area contributed by atoms with E-state index in [0.717, 1.165) is 12.5 Å². The quantitative estimate of drug-likeness (QED) is 0.850. The Kier molecular flexibility index (Phi) is 5.16. The van der Waals surface area contributed by atoms with Crippen molar-refractivity contribution >= 4 is 21.6 Å². The highest BCUT2D eigenvalue weighted by Crippen LogP contribution is 2.30. The molecule has 1 aromatic carbocycles. The molecular weight excluding hydrogens is 316 g/mol. The molecule has 1 saturated carbocycles. The van der Waals surface area contributed by atoms with Crippen LogP contribution in [0.1, 0.15) is 32.1 Å². The summed E-state index contributed by atoms with van der Waals surface area (Å²) in [6.45, 7) is 0.275. The van der Waals surface area contributed by atoms with E-state index in [9.17, 15) is 13.9 Å². The smallest absolute Gasteiger partial charge is 0.150 e. The number of hydrogen-bond donors (Lipinski definition) is 2. The molecule has 1 aromatic rings. The van der Waals surface area contributed by atoms with Gasteiger partial charge in [-0.25, -0.2) is 8.78 Å². The number of aliphatic hydroxyl groups is 1. The maximum absolute atomic E-state index is 13.6. The van der Waals surface area contributed by atoms with E-state index in [2.05, 4.69) is 21.2 Å². The second kappa shape index (κ2) is 6.66. The largest absolute Gasteiger partial charge is 0.391 e.